The van der Waals surface area contributed by atoms with Crippen molar-refractivity contribution in [2.45, 2.75) is 23.3 Å². The Hall–Kier alpha value is -2.13. The first kappa shape index (κ1) is 23.2. The third-order valence-corrected chi connectivity index (χ3v) is 7.80. The van der Waals surface area contributed by atoms with Gasteiger partial charge in [-0.25, -0.2) is 20.8 Å². The molecule has 0 atom stereocenters. The smallest absolute Gasteiger partial charge is 0.268 e. The van der Waals surface area contributed by atoms with Gasteiger partial charge in [-0.3, -0.25) is 0 Å². The highest BCUT2D eigenvalue weighted by atomic mass is 35.5. The largest absolute Gasteiger partial charge is 0.316 e. The molecular formula is C20H23ClN2O4S2. The van der Waals surface area contributed by atoms with Gasteiger partial charge < -0.3 is 5.32 Å². The number of nitrogens with zero attached hydrogens (tertiary/aromatic N) is 1. The van der Waals surface area contributed by atoms with E-state index < -0.39 is 19.9 Å². The van der Waals surface area contributed by atoms with Crippen molar-refractivity contribution in [3.05, 3.63) is 72.4 Å². The van der Waals surface area contributed by atoms with E-state index in [1.54, 1.807) is 13.2 Å². The summed E-state index contributed by atoms with van der Waals surface area (Å²) in [5.74, 6) is -0.0956. The van der Waals surface area contributed by atoms with Gasteiger partial charge in [0.2, 0.25) is 0 Å². The lowest BCUT2D eigenvalue weighted by atomic mass is 10.1. The molecule has 1 aromatic heterocycles. The molecule has 9 heteroatoms. The summed E-state index contributed by atoms with van der Waals surface area (Å²) >= 11 is 0. The lowest BCUT2D eigenvalue weighted by Crippen LogP contribution is -2.14. The van der Waals surface area contributed by atoms with Crippen LogP contribution in [-0.4, -0.2) is 33.6 Å². The van der Waals surface area contributed by atoms with E-state index in [0.717, 1.165) is 11.1 Å². The van der Waals surface area contributed by atoms with Crippen molar-refractivity contribution >= 4 is 32.3 Å². The number of aromatic nitrogens is 1. The Morgan fingerprint density at radius 1 is 0.897 bits per heavy atom. The molecule has 0 unspecified atom stereocenters. The third kappa shape index (κ3) is 4.72. The van der Waals surface area contributed by atoms with Crippen LogP contribution in [-0.2, 0) is 26.4 Å². The lowest BCUT2D eigenvalue weighted by molar-refractivity contribution is 0.587. The number of rotatable bonds is 7. The topological polar surface area (TPSA) is 85.2 Å². The molecule has 0 spiro atoms. The van der Waals surface area contributed by atoms with E-state index in [9.17, 15) is 16.8 Å². The van der Waals surface area contributed by atoms with Crippen molar-refractivity contribution in [2.75, 3.05) is 12.8 Å². The summed E-state index contributed by atoms with van der Waals surface area (Å²) in [4.78, 5) is -0.0641. The fourth-order valence-corrected chi connectivity index (χ4v) is 5.37. The third-order valence-electron chi connectivity index (χ3n) is 4.39. The van der Waals surface area contributed by atoms with Crippen molar-refractivity contribution < 1.29 is 16.8 Å². The van der Waals surface area contributed by atoms with Crippen molar-refractivity contribution in [3.8, 4) is 11.3 Å². The Kier molecular flexibility index (Phi) is 7.29. The minimum absolute atomic E-state index is 0. The van der Waals surface area contributed by atoms with Gasteiger partial charge in [0, 0.05) is 12.7 Å². The first-order chi connectivity index (χ1) is 13.3. The predicted molar refractivity (Wildman–Crippen MR) is 117 cm³/mol. The van der Waals surface area contributed by atoms with Crippen LogP contribution < -0.4 is 5.32 Å². The van der Waals surface area contributed by atoms with Crippen molar-refractivity contribution in [1.82, 2.24) is 9.29 Å². The fourth-order valence-electron chi connectivity index (χ4n) is 2.92. The molecule has 0 aliphatic rings. The zero-order valence-corrected chi connectivity index (χ0v) is 18.5. The zero-order valence-electron chi connectivity index (χ0n) is 16.1. The highest BCUT2D eigenvalue weighted by molar-refractivity contribution is 7.91. The molecule has 156 valence electrons. The van der Waals surface area contributed by atoms with E-state index in [4.69, 9.17) is 0 Å². The summed E-state index contributed by atoms with van der Waals surface area (Å²) in [7, 11) is -5.71. The van der Waals surface area contributed by atoms with E-state index in [0.29, 0.717) is 12.2 Å². The molecule has 1 heterocycles. The van der Waals surface area contributed by atoms with Gasteiger partial charge in [0.25, 0.3) is 10.0 Å². The van der Waals surface area contributed by atoms with Crippen LogP contribution >= 0.6 is 12.4 Å². The Balaban J connectivity index is 0.00000300. The molecule has 0 aliphatic heterocycles. The van der Waals surface area contributed by atoms with Crippen LogP contribution in [0.3, 0.4) is 0 Å². The monoisotopic (exact) mass is 454 g/mol. The number of benzene rings is 2. The van der Waals surface area contributed by atoms with E-state index in [1.807, 2.05) is 36.4 Å². The van der Waals surface area contributed by atoms with E-state index in [2.05, 4.69) is 5.32 Å². The quantitative estimate of drug-likeness (QED) is 0.591. The van der Waals surface area contributed by atoms with Crippen LogP contribution in [0.1, 0.15) is 12.5 Å². The standard InChI is InChI=1S/C20H22N2O4S2.ClH/c1-3-27(23,24)18-10-7-11-19(13-18)28(25,26)22-15-16(14-21-2)12-20(22)17-8-5-4-6-9-17;/h4-13,15,21H,3,14H2,1-2H3;1H. The molecule has 0 fully saturated rings. The molecule has 6 nitrogen and oxygen atoms in total. The van der Waals surface area contributed by atoms with Crippen LogP contribution in [0.4, 0.5) is 0 Å². The molecule has 0 aliphatic carbocycles. The van der Waals surface area contributed by atoms with Crippen molar-refractivity contribution in [3.63, 3.8) is 0 Å². The lowest BCUT2D eigenvalue weighted by Gasteiger charge is -2.12. The number of hydrogen-bond acceptors (Lipinski definition) is 5. The number of nitrogens with one attached hydrogen (secondary N) is 1. The average Bonchev–Trinajstić information content (AvgIpc) is 3.14. The summed E-state index contributed by atoms with van der Waals surface area (Å²) in [6.07, 6.45) is 1.56. The second kappa shape index (κ2) is 9.13. The SMILES string of the molecule is CCS(=O)(=O)c1cccc(S(=O)(=O)n2cc(CNC)cc2-c2ccccc2)c1.Cl. The minimum Gasteiger partial charge on any atom is -0.316 e. The van der Waals surface area contributed by atoms with Crippen LogP contribution in [0.2, 0.25) is 0 Å². The van der Waals surface area contributed by atoms with Crippen molar-refractivity contribution in [2.24, 2.45) is 0 Å². The molecule has 29 heavy (non-hydrogen) atoms. The minimum atomic E-state index is -3.98. The van der Waals surface area contributed by atoms with Gasteiger partial charge >= 0.3 is 0 Å². The Labute approximate surface area is 178 Å². The van der Waals surface area contributed by atoms with Crippen LogP contribution in [0.5, 0.6) is 0 Å². The average molecular weight is 455 g/mol. The summed E-state index contributed by atoms with van der Waals surface area (Å²) < 4.78 is 52.3. The van der Waals surface area contributed by atoms with Crippen molar-refractivity contribution in [1.29, 1.82) is 0 Å². The molecule has 0 saturated carbocycles. The normalized spacial score (nSPS) is 11.8. The summed E-state index contributed by atoms with van der Waals surface area (Å²) in [5, 5.41) is 3.02. The van der Waals surface area contributed by atoms with E-state index in [1.165, 1.54) is 35.2 Å². The molecule has 0 amide bonds. The maximum atomic E-state index is 13.4. The van der Waals surface area contributed by atoms with Gasteiger partial charge in [0.15, 0.2) is 9.84 Å². The zero-order chi connectivity index (χ0) is 20.4. The fraction of sp³-hybridized carbons (Fsp3) is 0.200. The van der Waals surface area contributed by atoms with E-state index >= 15 is 0 Å². The Morgan fingerprint density at radius 2 is 1.55 bits per heavy atom. The molecule has 3 rings (SSSR count). The second-order valence-electron chi connectivity index (χ2n) is 6.31. The number of hydrogen-bond donors (Lipinski definition) is 1. The Bertz CT molecular complexity index is 1190. The second-order valence-corrected chi connectivity index (χ2v) is 10.4. The highest BCUT2D eigenvalue weighted by Crippen LogP contribution is 2.28. The van der Waals surface area contributed by atoms with Crippen LogP contribution in [0, 0.1) is 0 Å². The van der Waals surface area contributed by atoms with Gasteiger partial charge in [-0.2, -0.15) is 0 Å². The Morgan fingerprint density at radius 3 is 2.17 bits per heavy atom. The van der Waals surface area contributed by atoms with Gasteiger partial charge in [0.05, 0.1) is 21.2 Å². The maximum absolute atomic E-state index is 13.4. The predicted octanol–water partition coefficient (Wildman–Crippen LogP) is 3.33. The molecule has 2 aromatic carbocycles. The van der Waals surface area contributed by atoms with E-state index in [-0.39, 0.29) is 28.0 Å². The molecule has 0 radical (unpaired) electrons. The first-order valence-electron chi connectivity index (χ1n) is 8.79. The molecular weight excluding hydrogens is 432 g/mol. The first-order valence-corrected chi connectivity index (χ1v) is 11.9. The van der Waals surface area contributed by atoms with Crippen LogP contribution in [0.25, 0.3) is 11.3 Å². The number of halogens is 1. The molecule has 3 aromatic rings. The maximum Gasteiger partial charge on any atom is 0.268 e. The molecule has 1 N–H and O–H groups in total. The van der Waals surface area contributed by atoms with Gasteiger partial charge in [0.1, 0.15) is 0 Å². The van der Waals surface area contributed by atoms with Gasteiger partial charge in [-0.1, -0.05) is 43.3 Å². The van der Waals surface area contributed by atoms with Gasteiger partial charge in [-0.05, 0) is 42.4 Å². The molecule has 0 bridgehead atoms. The van der Waals surface area contributed by atoms with Gasteiger partial charge in [-0.15, -0.1) is 12.4 Å². The summed E-state index contributed by atoms with van der Waals surface area (Å²) in [6.45, 7) is 2.03. The highest BCUT2D eigenvalue weighted by Gasteiger charge is 2.23. The summed E-state index contributed by atoms with van der Waals surface area (Å²) in [5.41, 5.74) is 2.09. The number of sulfone groups is 1. The summed E-state index contributed by atoms with van der Waals surface area (Å²) in [6, 6.07) is 16.5. The van der Waals surface area contributed by atoms with Crippen LogP contribution in [0.15, 0.2) is 76.7 Å². The molecule has 0 saturated heterocycles.